The second-order valence-electron chi connectivity index (χ2n) is 5.34. The maximum Gasteiger partial charge on any atom is 0.218 e. The van der Waals surface area contributed by atoms with E-state index in [0.29, 0.717) is 19.5 Å². The Bertz CT molecular complexity index is 700. The van der Waals surface area contributed by atoms with E-state index in [1.54, 1.807) is 16.7 Å². The Morgan fingerprint density at radius 3 is 2.45 bits per heavy atom. The van der Waals surface area contributed by atoms with E-state index in [9.17, 15) is 8.42 Å². The number of sulfonamides is 1. The van der Waals surface area contributed by atoms with Crippen molar-refractivity contribution in [2.24, 2.45) is 0 Å². The Hall–Kier alpha value is -1.72. The molecule has 0 aliphatic carbocycles. The van der Waals surface area contributed by atoms with Crippen molar-refractivity contribution in [2.45, 2.75) is 26.0 Å². The zero-order chi connectivity index (χ0) is 16.0. The fourth-order valence-electron chi connectivity index (χ4n) is 2.40. The van der Waals surface area contributed by atoms with Gasteiger partial charge in [0.1, 0.15) is 0 Å². The lowest BCUT2D eigenvalue weighted by molar-refractivity contribution is 0.430. The van der Waals surface area contributed by atoms with E-state index in [1.807, 2.05) is 50.2 Å². The lowest BCUT2D eigenvalue weighted by atomic mass is 10.2. The van der Waals surface area contributed by atoms with Crippen LogP contribution in [0, 0.1) is 6.92 Å². The highest BCUT2D eigenvalue weighted by Gasteiger charge is 2.20. The van der Waals surface area contributed by atoms with Gasteiger partial charge in [0.25, 0.3) is 0 Å². The molecular weight excluding hydrogens is 296 g/mol. The third-order valence-corrected chi connectivity index (χ3v) is 5.50. The summed E-state index contributed by atoms with van der Waals surface area (Å²) in [6.07, 6.45) is 4.16. The number of hydrogen-bond acceptors (Lipinski definition) is 3. The Balaban J connectivity index is 2.05. The molecule has 0 N–H and O–H groups in total. The number of hydrogen-bond donors (Lipinski definition) is 0. The summed E-state index contributed by atoms with van der Waals surface area (Å²) in [6, 6.07) is 11.5. The molecule has 1 aromatic carbocycles. The molecule has 0 saturated carbocycles. The van der Waals surface area contributed by atoms with E-state index in [0.717, 1.165) is 16.7 Å². The van der Waals surface area contributed by atoms with Gasteiger partial charge in [0.2, 0.25) is 10.0 Å². The summed E-state index contributed by atoms with van der Waals surface area (Å²) in [6.45, 7) is 4.82. The van der Waals surface area contributed by atoms with Crippen molar-refractivity contribution in [3.8, 4) is 0 Å². The Kier molecular flexibility index (Phi) is 5.69. The van der Waals surface area contributed by atoms with Crippen molar-refractivity contribution in [1.82, 2.24) is 9.29 Å². The first-order valence-electron chi connectivity index (χ1n) is 7.43. The van der Waals surface area contributed by atoms with Crippen LogP contribution in [-0.4, -0.2) is 30.8 Å². The smallest absolute Gasteiger partial charge is 0.218 e. The van der Waals surface area contributed by atoms with E-state index in [4.69, 9.17) is 0 Å². The van der Waals surface area contributed by atoms with E-state index in [-0.39, 0.29) is 5.75 Å². The van der Waals surface area contributed by atoms with Crippen LogP contribution in [0.3, 0.4) is 0 Å². The molecule has 4 nitrogen and oxygen atoms in total. The van der Waals surface area contributed by atoms with Crippen LogP contribution in [-0.2, 0) is 22.2 Å². The summed E-state index contributed by atoms with van der Waals surface area (Å²) in [7, 11) is -3.29. The van der Waals surface area contributed by atoms with Crippen LogP contribution in [0.1, 0.15) is 23.6 Å². The molecule has 118 valence electrons. The topological polar surface area (TPSA) is 50.3 Å². The van der Waals surface area contributed by atoms with Crippen LogP contribution in [0.2, 0.25) is 0 Å². The van der Waals surface area contributed by atoms with Crippen molar-refractivity contribution in [1.29, 1.82) is 0 Å². The zero-order valence-corrected chi connectivity index (χ0v) is 13.9. The minimum atomic E-state index is -3.29. The van der Waals surface area contributed by atoms with Crippen LogP contribution >= 0.6 is 0 Å². The molecule has 0 aliphatic heterocycles. The van der Waals surface area contributed by atoms with E-state index < -0.39 is 10.0 Å². The summed E-state index contributed by atoms with van der Waals surface area (Å²) >= 11 is 0. The van der Waals surface area contributed by atoms with Gasteiger partial charge in [0.15, 0.2) is 0 Å². The number of benzene rings is 1. The highest BCUT2D eigenvalue weighted by molar-refractivity contribution is 7.88. The Labute approximate surface area is 132 Å². The predicted molar refractivity (Wildman–Crippen MR) is 89.0 cm³/mol. The third kappa shape index (κ3) is 4.64. The highest BCUT2D eigenvalue weighted by atomic mass is 32.2. The third-order valence-electron chi connectivity index (χ3n) is 3.58. The van der Waals surface area contributed by atoms with Gasteiger partial charge in [-0.25, -0.2) is 12.7 Å². The Morgan fingerprint density at radius 1 is 1.09 bits per heavy atom. The van der Waals surface area contributed by atoms with Crippen molar-refractivity contribution in [3.63, 3.8) is 0 Å². The first kappa shape index (κ1) is 16.6. The van der Waals surface area contributed by atoms with Crippen LogP contribution in [0.25, 0.3) is 0 Å². The maximum atomic E-state index is 12.6. The van der Waals surface area contributed by atoms with Gasteiger partial charge in [-0.1, -0.05) is 36.8 Å². The first-order chi connectivity index (χ1) is 10.5. The second-order valence-corrected chi connectivity index (χ2v) is 7.31. The molecule has 2 aromatic rings. The first-order valence-corrected chi connectivity index (χ1v) is 9.04. The van der Waals surface area contributed by atoms with Crippen LogP contribution in [0.15, 0.2) is 48.8 Å². The molecule has 1 heterocycles. The van der Waals surface area contributed by atoms with Crippen molar-refractivity contribution in [3.05, 3.63) is 65.5 Å². The molecule has 0 atom stereocenters. The van der Waals surface area contributed by atoms with Crippen molar-refractivity contribution >= 4 is 10.0 Å². The quantitative estimate of drug-likeness (QED) is 0.789. The van der Waals surface area contributed by atoms with Gasteiger partial charge in [-0.3, -0.25) is 4.98 Å². The van der Waals surface area contributed by atoms with Gasteiger partial charge in [-0.05, 0) is 36.6 Å². The molecule has 0 spiro atoms. The number of rotatable bonds is 7. The van der Waals surface area contributed by atoms with E-state index >= 15 is 0 Å². The molecule has 0 aliphatic rings. The summed E-state index contributed by atoms with van der Waals surface area (Å²) in [5, 5.41) is 0. The molecule has 0 unspecified atom stereocenters. The number of aryl methyl sites for hydroxylation is 1. The highest BCUT2D eigenvalue weighted by Crippen LogP contribution is 2.13. The molecular formula is C17H22N2O2S. The van der Waals surface area contributed by atoms with Crippen LogP contribution < -0.4 is 0 Å². The predicted octanol–water partition coefficient (Wildman–Crippen LogP) is 2.78. The van der Waals surface area contributed by atoms with Crippen molar-refractivity contribution < 1.29 is 8.42 Å². The molecule has 22 heavy (non-hydrogen) atoms. The second kappa shape index (κ2) is 7.51. The maximum absolute atomic E-state index is 12.6. The molecule has 0 bridgehead atoms. The van der Waals surface area contributed by atoms with Gasteiger partial charge >= 0.3 is 0 Å². The minimum absolute atomic E-state index is 0.0544. The SMILES string of the molecule is CCN(CCc1ccncc1)S(=O)(=O)Cc1cccc(C)c1. The summed E-state index contributed by atoms with van der Waals surface area (Å²) in [5.74, 6) is 0.0544. The Morgan fingerprint density at radius 2 is 1.82 bits per heavy atom. The average molecular weight is 318 g/mol. The number of pyridine rings is 1. The fourth-order valence-corrected chi connectivity index (χ4v) is 3.95. The molecule has 0 amide bonds. The molecule has 0 radical (unpaired) electrons. The number of nitrogens with zero attached hydrogens (tertiary/aromatic N) is 2. The van der Waals surface area contributed by atoms with Gasteiger partial charge < -0.3 is 0 Å². The zero-order valence-electron chi connectivity index (χ0n) is 13.1. The largest absolute Gasteiger partial charge is 0.265 e. The van der Waals surface area contributed by atoms with Gasteiger partial charge in [-0.2, -0.15) is 0 Å². The monoisotopic (exact) mass is 318 g/mol. The molecule has 1 aromatic heterocycles. The van der Waals surface area contributed by atoms with E-state index in [2.05, 4.69) is 4.98 Å². The number of likely N-dealkylation sites (N-methyl/N-ethyl adjacent to an activating group) is 1. The summed E-state index contributed by atoms with van der Waals surface area (Å²) < 4.78 is 26.7. The molecule has 0 saturated heterocycles. The summed E-state index contributed by atoms with van der Waals surface area (Å²) in [4.78, 5) is 3.97. The normalized spacial score (nSPS) is 11.8. The van der Waals surface area contributed by atoms with Crippen LogP contribution in [0.5, 0.6) is 0 Å². The van der Waals surface area contributed by atoms with E-state index in [1.165, 1.54) is 0 Å². The average Bonchev–Trinajstić information content (AvgIpc) is 2.48. The lowest BCUT2D eigenvalue weighted by Gasteiger charge is -2.20. The minimum Gasteiger partial charge on any atom is -0.265 e. The summed E-state index contributed by atoms with van der Waals surface area (Å²) in [5.41, 5.74) is 3.01. The molecule has 5 heteroatoms. The molecule has 0 fully saturated rings. The van der Waals surface area contributed by atoms with Gasteiger partial charge in [-0.15, -0.1) is 0 Å². The molecule has 2 rings (SSSR count). The van der Waals surface area contributed by atoms with Gasteiger partial charge in [0.05, 0.1) is 5.75 Å². The van der Waals surface area contributed by atoms with Crippen molar-refractivity contribution in [2.75, 3.05) is 13.1 Å². The number of aromatic nitrogens is 1. The van der Waals surface area contributed by atoms with Crippen LogP contribution in [0.4, 0.5) is 0 Å². The van der Waals surface area contributed by atoms with Gasteiger partial charge in [0, 0.05) is 25.5 Å². The fraction of sp³-hybridized carbons (Fsp3) is 0.353. The standard InChI is InChI=1S/C17H22N2O2S/c1-3-19(12-9-16-7-10-18-11-8-16)22(20,21)14-17-6-4-5-15(2)13-17/h4-8,10-11,13H,3,9,12,14H2,1-2H3. The lowest BCUT2D eigenvalue weighted by Crippen LogP contribution is -2.33.